The average Bonchev–Trinajstić information content (AvgIpc) is 2.57. The van der Waals surface area contributed by atoms with Crippen molar-refractivity contribution in [1.29, 1.82) is 0 Å². The van der Waals surface area contributed by atoms with Crippen LogP contribution in [0.1, 0.15) is 19.7 Å². The van der Waals surface area contributed by atoms with Crippen LogP contribution in [0.15, 0.2) is 6.07 Å². The maximum atomic E-state index is 12.6. The summed E-state index contributed by atoms with van der Waals surface area (Å²) in [5.41, 5.74) is 0. The second-order valence-corrected chi connectivity index (χ2v) is 5.12. The van der Waals surface area contributed by atoms with Crippen LogP contribution in [0.2, 0.25) is 5.15 Å². The van der Waals surface area contributed by atoms with E-state index in [0.717, 1.165) is 0 Å². The van der Waals surface area contributed by atoms with Crippen molar-refractivity contribution in [3.05, 3.63) is 17.0 Å². The maximum Gasteiger partial charge on any atom is 0.451 e. The molecule has 0 N–H and O–H groups in total. The number of rotatable bonds is 1. The van der Waals surface area contributed by atoms with Gasteiger partial charge in [-0.05, 0) is 11.8 Å². The fraction of sp³-hybridized carbons (Fsp3) is 0.636. The van der Waals surface area contributed by atoms with E-state index in [1.165, 1.54) is 6.07 Å². The molecule has 0 saturated carbocycles. The van der Waals surface area contributed by atoms with E-state index in [4.69, 9.17) is 11.6 Å². The van der Waals surface area contributed by atoms with Crippen LogP contribution >= 0.6 is 11.6 Å². The van der Waals surface area contributed by atoms with Gasteiger partial charge >= 0.3 is 6.18 Å². The third-order valence-corrected chi connectivity index (χ3v) is 3.44. The molecule has 2 atom stereocenters. The van der Waals surface area contributed by atoms with Crippen LogP contribution in [0.3, 0.4) is 0 Å². The first-order chi connectivity index (χ1) is 8.27. The van der Waals surface area contributed by atoms with Crippen molar-refractivity contribution in [3.63, 3.8) is 0 Å². The molecule has 3 nitrogen and oxygen atoms in total. The van der Waals surface area contributed by atoms with Crippen molar-refractivity contribution in [2.24, 2.45) is 11.8 Å². The lowest BCUT2D eigenvalue weighted by molar-refractivity contribution is -0.144. The van der Waals surface area contributed by atoms with E-state index in [2.05, 4.69) is 23.8 Å². The summed E-state index contributed by atoms with van der Waals surface area (Å²) < 4.78 is 37.8. The molecule has 100 valence electrons. The molecule has 0 aliphatic carbocycles. The molecule has 2 unspecified atom stereocenters. The number of nitrogens with zero attached hydrogens (tertiary/aromatic N) is 3. The summed E-state index contributed by atoms with van der Waals surface area (Å²) in [6.45, 7) is 5.51. The normalized spacial score (nSPS) is 24.7. The third kappa shape index (κ3) is 2.68. The Bertz CT molecular complexity index is 440. The molecule has 1 fully saturated rings. The lowest BCUT2D eigenvalue weighted by Crippen LogP contribution is -2.23. The van der Waals surface area contributed by atoms with E-state index in [-0.39, 0.29) is 11.0 Å². The lowest BCUT2D eigenvalue weighted by atomic mass is 10.0. The second-order valence-electron chi connectivity index (χ2n) is 4.73. The van der Waals surface area contributed by atoms with E-state index < -0.39 is 12.0 Å². The predicted molar refractivity (Wildman–Crippen MR) is 62.6 cm³/mol. The number of alkyl halides is 3. The van der Waals surface area contributed by atoms with Crippen molar-refractivity contribution in [2.45, 2.75) is 20.0 Å². The molecule has 0 aromatic carbocycles. The van der Waals surface area contributed by atoms with E-state index in [0.29, 0.717) is 24.9 Å². The van der Waals surface area contributed by atoms with Crippen molar-refractivity contribution >= 4 is 17.4 Å². The predicted octanol–water partition coefficient (Wildman–Crippen LogP) is 3.24. The minimum atomic E-state index is -4.57. The van der Waals surface area contributed by atoms with Crippen molar-refractivity contribution < 1.29 is 13.2 Å². The van der Waals surface area contributed by atoms with E-state index >= 15 is 0 Å². The maximum absolute atomic E-state index is 12.6. The zero-order valence-electron chi connectivity index (χ0n) is 10.00. The Balaban J connectivity index is 2.32. The Hall–Kier alpha value is -1.04. The second kappa shape index (κ2) is 4.57. The van der Waals surface area contributed by atoms with E-state index in [1.54, 1.807) is 0 Å². The summed E-state index contributed by atoms with van der Waals surface area (Å²) in [4.78, 5) is 8.60. The number of halogens is 4. The monoisotopic (exact) mass is 279 g/mol. The lowest BCUT2D eigenvalue weighted by Gasteiger charge is -2.18. The van der Waals surface area contributed by atoms with Crippen LogP contribution in [0.5, 0.6) is 0 Å². The van der Waals surface area contributed by atoms with Crippen LogP contribution in [0.25, 0.3) is 0 Å². The quantitative estimate of drug-likeness (QED) is 0.739. The molecule has 18 heavy (non-hydrogen) atoms. The zero-order valence-corrected chi connectivity index (χ0v) is 10.8. The summed E-state index contributed by atoms with van der Waals surface area (Å²) in [6.07, 6.45) is -4.57. The molecular formula is C11H13ClF3N3. The molecule has 7 heteroatoms. The Morgan fingerprint density at radius 2 is 1.78 bits per heavy atom. The smallest absolute Gasteiger partial charge is 0.356 e. The van der Waals surface area contributed by atoms with E-state index in [9.17, 15) is 13.2 Å². The van der Waals surface area contributed by atoms with Gasteiger partial charge in [0, 0.05) is 19.2 Å². The summed E-state index contributed by atoms with van der Waals surface area (Å²) in [5, 5.41) is -0.181. The Kier molecular flexibility index (Phi) is 3.40. The minimum absolute atomic E-state index is 0.181. The third-order valence-electron chi connectivity index (χ3n) is 3.25. The molecule has 0 radical (unpaired) electrons. The van der Waals surface area contributed by atoms with Crippen LogP contribution < -0.4 is 4.90 Å². The van der Waals surface area contributed by atoms with Crippen LogP contribution in [0, 0.1) is 11.8 Å². The van der Waals surface area contributed by atoms with Gasteiger partial charge in [-0.15, -0.1) is 0 Å². The molecular weight excluding hydrogens is 267 g/mol. The van der Waals surface area contributed by atoms with Gasteiger partial charge in [0.05, 0.1) is 0 Å². The van der Waals surface area contributed by atoms with Gasteiger partial charge in [-0.2, -0.15) is 13.2 Å². The summed E-state index contributed by atoms with van der Waals surface area (Å²) in [5.74, 6) is -0.0862. The molecule has 1 aliphatic rings. The van der Waals surface area contributed by atoms with Crippen LogP contribution in [-0.4, -0.2) is 23.1 Å². The molecule has 0 amide bonds. The molecule has 0 spiro atoms. The minimum Gasteiger partial charge on any atom is -0.356 e. The fourth-order valence-corrected chi connectivity index (χ4v) is 2.19. The number of aromatic nitrogens is 2. The van der Waals surface area contributed by atoms with Gasteiger partial charge in [-0.3, -0.25) is 0 Å². The molecule has 1 aromatic heterocycles. The molecule has 0 bridgehead atoms. The molecule has 2 heterocycles. The number of hydrogen-bond acceptors (Lipinski definition) is 3. The molecule has 1 saturated heterocycles. The Morgan fingerprint density at radius 3 is 2.28 bits per heavy atom. The summed E-state index contributed by atoms with van der Waals surface area (Å²) >= 11 is 5.63. The summed E-state index contributed by atoms with van der Waals surface area (Å²) in [7, 11) is 0. The first kappa shape index (κ1) is 13.4. The van der Waals surface area contributed by atoms with Gasteiger partial charge in [0.25, 0.3) is 0 Å². The highest BCUT2D eigenvalue weighted by atomic mass is 35.5. The highest BCUT2D eigenvalue weighted by Crippen LogP contribution is 2.31. The van der Waals surface area contributed by atoms with Gasteiger partial charge in [-0.1, -0.05) is 25.4 Å². The van der Waals surface area contributed by atoms with Crippen molar-refractivity contribution in [2.75, 3.05) is 18.0 Å². The molecule has 2 rings (SSSR count). The topological polar surface area (TPSA) is 29.0 Å². The first-order valence-corrected chi connectivity index (χ1v) is 6.02. The van der Waals surface area contributed by atoms with Gasteiger partial charge < -0.3 is 4.90 Å². The Morgan fingerprint density at radius 1 is 1.22 bits per heavy atom. The van der Waals surface area contributed by atoms with E-state index in [1.807, 2.05) is 4.90 Å². The highest BCUT2D eigenvalue weighted by Gasteiger charge is 2.36. The SMILES string of the molecule is CC1CN(c2cc(Cl)nc(C(F)(F)F)n2)CC1C. The first-order valence-electron chi connectivity index (χ1n) is 5.64. The molecule has 1 aliphatic heterocycles. The van der Waals surface area contributed by atoms with Gasteiger partial charge in [0.15, 0.2) is 0 Å². The molecule has 1 aromatic rings. The summed E-state index contributed by atoms with van der Waals surface area (Å²) in [6, 6.07) is 1.38. The van der Waals surface area contributed by atoms with Gasteiger partial charge in [0.2, 0.25) is 5.82 Å². The highest BCUT2D eigenvalue weighted by molar-refractivity contribution is 6.29. The standard InChI is InChI=1S/C11H13ClF3N3/c1-6-4-18(5-7(6)2)9-3-8(12)16-10(17-9)11(13,14)15/h3,6-7H,4-5H2,1-2H3. The number of hydrogen-bond donors (Lipinski definition) is 0. The van der Waals surface area contributed by atoms with Crippen molar-refractivity contribution in [1.82, 2.24) is 9.97 Å². The van der Waals surface area contributed by atoms with Gasteiger partial charge in [-0.25, -0.2) is 9.97 Å². The Labute approximate surface area is 108 Å². The van der Waals surface area contributed by atoms with Crippen molar-refractivity contribution in [3.8, 4) is 0 Å². The largest absolute Gasteiger partial charge is 0.451 e. The number of anilines is 1. The van der Waals surface area contributed by atoms with Crippen LogP contribution in [0.4, 0.5) is 19.0 Å². The zero-order chi connectivity index (χ0) is 13.5. The van der Waals surface area contributed by atoms with Crippen LogP contribution in [-0.2, 0) is 6.18 Å². The van der Waals surface area contributed by atoms with Gasteiger partial charge in [0.1, 0.15) is 11.0 Å². The fourth-order valence-electron chi connectivity index (χ4n) is 2.01. The average molecular weight is 280 g/mol.